The molecule has 3 rings (SSSR count). The van der Waals surface area contributed by atoms with E-state index in [9.17, 15) is 4.79 Å². The van der Waals surface area contributed by atoms with Crippen LogP contribution in [0.3, 0.4) is 0 Å². The molecule has 0 aromatic heterocycles. The third-order valence-corrected chi connectivity index (χ3v) is 3.23. The summed E-state index contributed by atoms with van der Waals surface area (Å²) < 4.78 is 0. The first kappa shape index (κ1) is 10.9. The van der Waals surface area contributed by atoms with Crippen molar-refractivity contribution in [1.29, 1.82) is 0 Å². The van der Waals surface area contributed by atoms with Crippen molar-refractivity contribution in [2.45, 2.75) is 13.8 Å². The zero-order valence-corrected chi connectivity index (χ0v) is 10.4. The molecule has 0 saturated heterocycles. The molecule has 0 unspecified atom stereocenters. The van der Waals surface area contributed by atoms with Gasteiger partial charge in [-0.25, -0.2) is 4.99 Å². The summed E-state index contributed by atoms with van der Waals surface area (Å²) in [5.41, 5.74) is 5.26. The SMILES string of the molecule is Cc1ccc(C2=Nc3ccccc3C2=O)c(C)c1. The van der Waals surface area contributed by atoms with Crippen LogP contribution in [0.2, 0.25) is 0 Å². The summed E-state index contributed by atoms with van der Waals surface area (Å²) in [6, 6.07) is 13.6. The van der Waals surface area contributed by atoms with Crippen molar-refractivity contribution in [3.8, 4) is 0 Å². The number of nitrogens with zero attached hydrogens (tertiary/aromatic N) is 1. The topological polar surface area (TPSA) is 29.4 Å². The highest BCUT2D eigenvalue weighted by Crippen LogP contribution is 2.29. The van der Waals surface area contributed by atoms with Gasteiger partial charge in [0.15, 0.2) is 0 Å². The van der Waals surface area contributed by atoms with Crippen LogP contribution in [0.25, 0.3) is 0 Å². The molecule has 0 spiro atoms. The first-order valence-corrected chi connectivity index (χ1v) is 5.97. The van der Waals surface area contributed by atoms with Crippen molar-refractivity contribution < 1.29 is 4.79 Å². The summed E-state index contributed by atoms with van der Waals surface area (Å²) in [6.45, 7) is 4.06. The van der Waals surface area contributed by atoms with Gasteiger partial charge in [0, 0.05) is 11.1 Å². The number of benzene rings is 2. The highest BCUT2D eigenvalue weighted by Gasteiger charge is 2.25. The van der Waals surface area contributed by atoms with E-state index in [0.29, 0.717) is 11.3 Å². The number of fused-ring (bicyclic) bond motifs is 1. The van der Waals surface area contributed by atoms with Crippen LogP contribution in [0.1, 0.15) is 27.0 Å². The van der Waals surface area contributed by atoms with Gasteiger partial charge in [-0.05, 0) is 31.5 Å². The largest absolute Gasteiger partial charge is 0.287 e. The summed E-state index contributed by atoms with van der Waals surface area (Å²) in [5.74, 6) is 0.0255. The first-order valence-electron chi connectivity index (χ1n) is 5.97. The minimum Gasteiger partial charge on any atom is -0.287 e. The second kappa shape index (κ2) is 3.91. The van der Waals surface area contributed by atoms with Crippen molar-refractivity contribution in [3.63, 3.8) is 0 Å². The van der Waals surface area contributed by atoms with Crippen molar-refractivity contribution in [2.24, 2.45) is 4.99 Å². The lowest BCUT2D eigenvalue weighted by Crippen LogP contribution is -2.12. The molecule has 18 heavy (non-hydrogen) atoms. The third-order valence-electron chi connectivity index (χ3n) is 3.23. The second-order valence-corrected chi connectivity index (χ2v) is 4.63. The van der Waals surface area contributed by atoms with Gasteiger partial charge >= 0.3 is 0 Å². The molecule has 0 N–H and O–H groups in total. The predicted octanol–water partition coefficient (Wildman–Crippen LogP) is 3.62. The molecular weight excluding hydrogens is 222 g/mol. The fourth-order valence-electron chi connectivity index (χ4n) is 2.32. The molecule has 2 nitrogen and oxygen atoms in total. The quantitative estimate of drug-likeness (QED) is 0.742. The summed E-state index contributed by atoms with van der Waals surface area (Å²) >= 11 is 0. The standard InChI is InChI=1S/C16H13NO/c1-10-7-8-12(11(2)9-10)15-16(18)13-5-3-4-6-14(13)17-15/h3-9H,1-2H3. The Morgan fingerprint density at radius 3 is 2.44 bits per heavy atom. The molecule has 1 aliphatic rings. The number of rotatable bonds is 1. The number of Topliss-reactive ketones (excluding diaryl/α,β-unsaturated/α-hetero) is 1. The average molecular weight is 235 g/mol. The van der Waals surface area contributed by atoms with Gasteiger partial charge in [0.1, 0.15) is 5.71 Å². The highest BCUT2D eigenvalue weighted by molar-refractivity contribution is 6.55. The number of carbonyl (C=O) groups is 1. The predicted molar refractivity (Wildman–Crippen MR) is 72.9 cm³/mol. The summed E-state index contributed by atoms with van der Waals surface area (Å²) in [7, 11) is 0. The number of ketones is 1. The van der Waals surface area contributed by atoms with E-state index in [0.717, 1.165) is 16.8 Å². The summed E-state index contributed by atoms with van der Waals surface area (Å²) in [5, 5.41) is 0. The first-order chi connectivity index (χ1) is 8.66. The van der Waals surface area contributed by atoms with Crippen LogP contribution >= 0.6 is 0 Å². The Bertz CT molecular complexity index is 683. The molecule has 0 atom stereocenters. The molecule has 1 heterocycles. The fraction of sp³-hybridized carbons (Fsp3) is 0.125. The molecule has 0 bridgehead atoms. The molecule has 2 heteroatoms. The molecule has 0 saturated carbocycles. The van der Waals surface area contributed by atoms with Crippen LogP contribution in [-0.4, -0.2) is 11.5 Å². The number of hydrogen-bond acceptors (Lipinski definition) is 2. The number of aryl methyl sites for hydroxylation is 2. The van der Waals surface area contributed by atoms with Gasteiger partial charge in [-0.1, -0.05) is 35.9 Å². The van der Waals surface area contributed by atoms with Crippen molar-refractivity contribution in [2.75, 3.05) is 0 Å². The van der Waals surface area contributed by atoms with E-state index in [1.54, 1.807) is 0 Å². The average Bonchev–Trinajstić information content (AvgIpc) is 2.68. The maximum Gasteiger partial charge on any atom is 0.214 e. The number of para-hydroxylation sites is 1. The Kier molecular flexibility index (Phi) is 2.37. The van der Waals surface area contributed by atoms with Gasteiger partial charge in [0.05, 0.1) is 5.69 Å². The van der Waals surface area contributed by atoms with Crippen LogP contribution in [0.5, 0.6) is 0 Å². The maximum absolute atomic E-state index is 12.3. The van der Waals surface area contributed by atoms with Crippen molar-refractivity contribution >= 4 is 17.2 Å². The molecule has 2 aromatic carbocycles. The van der Waals surface area contributed by atoms with Crippen LogP contribution in [0.4, 0.5) is 5.69 Å². The Labute approximate surface area is 106 Å². The van der Waals surface area contributed by atoms with E-state index in [-0.39, 0.29) is 5.78 Å². The number of aliphatic imine (C=N–C) groups is 1. The van der Waals surface area contributed by atoms with Crippen LogP contribution in [0.15, 0.2) is 47.5 Å². The van der Waals surface area contributed by atoms with E-state index in [2.05, 4.69) is 11.1 Å². The van der Waals surface area contributed by atoms with Gasteiger partial charge < -0.3 is 0 Å². The third kappa shape index (κ3) is 1.58. The van der Waals surface area contributed by atoms with E-state index in [4.69, 9.17) is 0 Å². The smallest absolute Gasteiger partial charge is 0.214 e. The van der Waals surface area contributed by atoms with Gasteiger partial charge in [0.25, 0.3) is 0 Å². The van der Waals surface area contributed by atoms with Crippen LogP contribution in [-0.2, 0) is 0 Å². The minimum absolute atomic E-state index is 0.0255. The normalized spacial score (nSPS) is 13.4. The van der Waals surface area contributed by atoms with Crippen LogP contribution in [0, 0.1) is 13.8 Å². The molecule has 0 radical (unpaired) electrons. The zero-order valence-electron chi connectivity index (χ0n) is 10.4. The summed E-state index contributed by atoms with van der Waals surface area (Å²) in [6.07, 6.45) is 0. The van der Waals surface area contributed by atoms with E-state index in [1.807, 2.05) is 50.2 Å². The van der Waals surface area contributed by atoms with E-state index in [1.165, 1.54) is 5.56 Å². The van der Waals surface area contributed by atoms with Crippen molar-refractivity contribution in [1.82, 2.24) is 0 Å². The molecule has 88 valence electrons. The zero-order chi connectivity index (χ0) is 12.7. The lowest BCUT2D eigenvalue weighted by Gasteiger charge is -2.05. The molecule has 0 amide bonds. The van der Waals surface area contributed by atoms with Gasteiger partial charge in [-0.15, -0.1) is 0 Å². The molecule has 0 fully saturated rings. The number of carbonyl (C=O) groups excluding carboxylic acids is 1. The van der Waals surface area contributed by atoms with E-state index >= 15 is 0 Å². The van der Waals surface area contributed by atoms with Crippen molar-refractivity contribution in [3.05, 3.63) is 64.7 Å². The number of hydrogen-bond donors (Lipinski definition) is 0. The Morgan fingerprint density at radius 1 is 0.944 bits per heavy atom. The highest BCUT2D eigenvalue weighted by atomic mass is 16.1. The second-order valence-electron chi connectivity index (χ2n) is 4.63. The maximum atomic E-state index is 12.3. The fourth-order valence-corrected chi connectivity index (χ4v) is 2.32. The van der Waals surface area contributed by atoms with Gasteiger partial charge in [0.2, 0.25) is 5.78 Å². The molecule has 0 aliphatic carbocycles. The van der Waals surface area contributed by atoms with E-state index < -0.39 is 0 Å². The van der Waals surface area contributed by atoms with Crippen LogP contribution < -0.4 is 0 Å². The Hall–Kier alpha value is -2.22. The molecule has 2 aromatic rings. The molecule has 1 aliphatic heterocycles. The monoisotopic (exact) mass is 235 g/mol. The summed E-state index contributed by atoms with van der Waals surface area (Å²) in [4.78, 5) is 16.8. The van der Waals surface area contributed by atoms with Gasteiger partial charge in [-0.3, -0.25) is 4.79 Å². The van der Waals surface area contributed by atoms with Gasteiger partial charge in [-0.2, -0.15) is 0 Å². The molecular formula is C16H13NO. The Balaban J connectivity index is 2.13. The minimum atomic E-state index is 0.0255. The lowest BCUT2D eigenvalue weighted by molar-refractivity contribution is 0.107. The lowest BCUT2D eigenvalue weighted by atomic mass is 9.98. The Morgan fingerprint density at radius 2 is 1.72 bits per heavy atom.